The van der Waals surface area contributed by atoms with Gasteiger partial charge in [0, 0.05) is 50.1 Å². The molecule has 1 aliphatic heterocycles. The summed E-state index contributed by atoms with van der Waals surface area (Å²) < 4.78 is 5.11. The average molecular weight is 509 g/mol. The van der Waals surface area contributed by atoms with Crippen molar-refractivity contribution in [2.45, 2.75) is 19.4 Å². The lowest BCUT2D eigenvalue weighted by Gasteiger charge is -2.32. The van der Waals surface area contributed by atoms with Crippen LogP contribution in [0.15, 0.2) is 84.9 Å². The number of hydrogen-bond donors (Lipinski definition) is 3. The summed E-state index contributed by atoms with van der Waals surface area (Å²) in [7, 11) is 1.65. The van der Waals surface area contributed by atoms with Crippen LogP contribution < -0.4 is 20.9 Å². The summed E-state index contributed by atoms with van der Waals surface area (Å²) in [4.78, 5) is 28.4. The van der Waals surface area contributed by atoms with E-state index in [4.69, 9.17) is 4.74 Å². The fraction of sp³-hybridized carbons (Fsp3) is 0.226. The van der Waals surface area contributed by atoms with E-state index in [9.17, 15) is 9.59 Å². The molecular weight excluding hydrogens is 476 g/mol. The maximum atomic E-state index is 13.3. The van der Waals surface area contributed by atoms with Gasteiger partial charge < -0.3 is 25.6 Å². The number of nitrogens with one attached hydrogen (secondary N) is 3. The second-order valence-corrected chi connectivity index (χ2v) is 9.38. The lowest BCUT2D eigenvalue weighted by Crippen LogP contribution is -2.33. The Kier molecular flexibility index (Phi) is 7.85. The molecular formula is C31H32N4O3. The number of carbonyl (C=O) groups is 2. The monoisotopic (exact) mass is 508 g/mol. The maximum absolute atomic E-state index is 13.3. The Hall–Kier alpha value is -4.36. The Bertz CT molecular complexity index is 1450. The first-order valence-corrected chi connectivity index (χ1v) is 12.9. The Morgan fingerprint density at radius 1 is 0.895 bits per heavy atom. The molecule has 0 unspecified atom stereocenters. The second-order valence-electron chi connectivity index (χ2n) is 9.38. The van der Waals surface area contributed by atoms with Crippen molar-refractivity contribution >= 4 is 39.8 Å². The number of methoxy groups -OCH3 is 1. The van der Waals surface area contributed by atoms with E-state index in [0.717, 1.165) is 48.1 Å². The van der Waals surface area contributed by atoms with Crippen LogP contribution in [0.25, 0.3) is 10.8 Å². The number of urea groups is 1. The molecule has 194 valence electrons. The van der Waals surface area contributed by atoms with Gasteiger partial charge in [0.25, 0.3) is 5.91 Å². The molecule has 0 saturated carbocycles. The third-order valence-electron chi connectivity index (χ3n) is 6.82. The third kappa shape index (κ3) is 5.79. The number of benzene rings is 4. The number of amides is 3. The van der Waals surface area contributed by atoms with Crippen LogP contribution in [0.5, 0.6) is 0 Å². The highest BCUT2D eigenvalue weighted by Crippen LogP contribution is 2.30. The van der Waals surface area contributed by atoms with Gasteiger partial charge in [0.2, 0.25) is 0 Å². The van der Waals surface area contributed by atoms with E-state index in [1.807, 2.05) is 60.7 Å². The number of hydrogen-bond acceptors (Lipinski definition) is 4. The highest BCUT2D eigenvalue weighted by atomic mass is 16.5. The molecule has 0 aromatic heterocycles. The zero-order valence-electron chi connectivity index (χ0n) is 21.5. The number of anilines is 3. The largest absolute Gasteiger partial charge is 0.385 e. The van der Waals surface area contributed by atoms with E-state index in [0.29, 0.717) is 24.4 Å². The Balaban J connectivity index is 1.37. The SMILES string of the molecule is COCCCNC(=O)c1cc(NC(=O)Nc2cccc3ccccc23)ccc1N1CCc2ccccc2C1. The minimum absolute atomic E-state index is 0.173. The summed E-state index contributed by atoms with van der Waals surface area (Å²) in [5, 5.41) is 10.9. The topological polar surface area (TPSA) is 82.7 Å². The highest BCUT2D eigenvalue weighted by Gasteiger charge is 2.22. The van der Waals surface area contributed by atoms with Crippen molar-refractivity contribution in [3.05, 3.63) is 102 Å². The molecule has 0 saturated heterocycles. The molecule has 0 fully saturated rings. The smallest absolute Gasteiger partial charge is 0.323 e. The first-order valence-electron chi connectivity index (χ1n) is 12.9. The van der Waals surface area contributed by atoms with Crippen LogP contribution in [0.4, 0.5) is 21.9 Å². The van der Waals surface area contributed by atoms with Gasteiger partial charge in [0.1, 0.15) is 0 Å². The molecule has 3 amide bonds. The molecule has 7 heteroatoms. The lowest BCUT2D eigenvalue weighted by atomic mass is 9.98. The molecule has 4 aromatic carbocycles. The van der Waals surface area contributed by atoms with Gasteiger partial charge in [-0.3, -0.25) is 4.79 Å². The number of nitrogens with zero attached hydrogens (tertiary/aromatic N) is 1. The molecule has 3 N–H and O–H groups in total. The van der Waals surface area contributed by atoms with Crippen molar-refractivity contribution in [2.24, 2.45) is 0 Å². The molecule has 4 aromatic rings. The van der Waals surface area contributed by atoms with Crippen LogP contribution in [-0.2, 0) is 17.7 Å². The molecule has 7 nitrogen and oxygen atoms in total. The standard InChI is InChI=1S/C31H32N4O3/c1-38-19-7-17-32-30(36)27-20-25(14-15-29(27)35-18-16-22-8-2-3-10-24(22)21-35)33-31(37)34-28-13-6-11-23-9-4-5-12-26(23)28/h2-6,8-15,20H,7,16-19,21H2,1H3,(H,32,36)(H2,33,34,37). The van der Waals surface area contributed by atoms with Crippen LogP contribution in [0.2, 0.25) is 0 Å². The summed E-state index contributed by atoms with van der Waals surface area (Å²) in [5.74, 6) is -0.173. The summed E-state index contributed by atoms with van der Waals surface area (Å²) in [6, 6.07) is 27.3. The minimum atomic E-state index is -0.368. The van der Waals surface area contributed by atoms with E-state index < -0.39 is 0 Å². The van der Waals surface area contributed by atoms with Gasteiger partial charge in [-0.15, -0.1) is 0 Å². The van der Waals surface area contributed by atoms with Gasteiger partial charge in [-0.05, 0) is 53.6 Å². The number of rotatable bonds is 8. The van der Waals surface area contributed by atoms with Crippen molar-refractivity contribution in [1.82, 2.24) is 5.32 Å². The van der Waals surface area contributed by atoms with E-state index in [1.165, 1.54) is 11.1 Å². The van der Waals surface area contributed by atoms with Crippen LogP contribution >= 0.6 is 0 Å². The molecule has 38 heavy (non-hydrogen) atoms. The fourth-order valence-corrected chi connectivity index (χ4v) is 4.91. The Morgan fingerprint density at radius 2 is 1.68 bits per heavy atom. The zero-order chi connectivity index (χ0) is 26.3. The quantitative estimate of drug-likeness (QED) is 0.262. The van der Waals surface area contributed by atoms with E-state index in [1.54, 1.807) is 13.2 Å². The number of fused-ring (bicyclic) bond motifs is 2. The van der Waals surface area contributed by atoms with Crippen molar-refractivity contribution in [1.29, 1.82) is 0 Å². The summed E-state index contributed by atoms with van der Waals surface area (Å²) in [5.41, 5.74) is 5.26. The predicted molar refractivity (Wildman–Crippen MR) is 153 cm³/mol. The van der Waals surface area contributed by atoms with Crippen LogP contribution in [0, 0.1) is 0 Å². The van der Waals surface area contributed by atoms with Gasteiger partial charge >= 0.3 is 6.03 Å². The Morgan fingerprint density at radius 3 is 2.55 bits per heavy atom. The molecule has 0 atom stereocenters. The molecule has 1 heterocycles. The van der Waals surface area contributed by atoms with E-state index >= 15 is 0 Å². The Labute approximate surface area is 222 Å². The van der Waals surface area contributed by atoms with Gasteiger partial charge in [0.05, 0.1) is 11.3 Å². The summed E-state index contributed by atoms with van der Waals surface area (Å²) >= 11 is 0. The van der Waals surface area contributed by atoms with Gasteiger partial charge in [-0.1, -0.05) is 60.7 Å². The zero-order valence-corrected chi connectivity index (χ0v) is 21.5. The first kappa shape index (κ1) is 25.3. The number of carbonyl (C=O) groups excluding carboxylic acids is 2. The third-order valence-corrected chi connectivity index (χ3v) is 6.82. The summed E-state index contributed by atoms with van der Waals surface area (Å²) in [6.45, 7) is 2.63. The average Bonchev–Trinajstić information content (AvgIpc) is 2.95. The number of ether oxygens (including phenoxy) is 1. The fourth-order valence-electron chi connectivity index (χ4n) is 4.91. The molecule has 5 rings (SSSR count). The second kappa shape index (κ2) is 11.8. The normalized spacial score (nSPS) is 12.6. The van der Waals surface area contributed by atoms with Crippen molar-refractivity contribution < 1.29 is 14.3 Å². The van der Waals surface area contributed by atoms with Gasteiger partial charge in [0.15, 0.2) is 0 Å². The highest BCUT2D eigenvalue weighted by molar-refractivity contribution is 6.07. The van der Waals surface area contributed by atoms with Gasteiger partial charge in [-0.2, -0.15) is 0 Å². The van der Waals surface area contributed by atoms with E-state index in [-0.39, 0.29) is 11.9 Å². The molecule has 0 bridgehead atoms. The van der Waals surface area contributed by atoms with Gasteiger partial charge in [-0.25, -0.2) is 4.79 Å². The molecule has 0 spiro atoms. The molecule has 1 aliphatic rings. The maximum Gasteiger partial charge on any atom is 0.323 e. The predicted octanol–water partition coefficient (Wildman–Crippen LogP) is 5.81. The van der Waals surface area contributed by atoms with Crippen molar-refractivity contribution in [2.75, 3.05) is 42.3 Å². The molecule has 0 aliphatic carbocycles. The van der Waals surface area contributed by atoms with Crippen molar-refractivity contribution in [3.63, 3.8) is 0 Å². The van der Waals surface area contributed by atoms with Crippen LogP contribution in [0.1, 0.15) is 27.9 Å². The van der Waals surface area contributed by atoms with Crippen molar-refractivity contribution in [3.8, 4) is 0 Å². The van der Waals surface area contributed by atoms with Crippen LogP contribution in [-0.4, -0.2) is 38.7 Å². The minimum Gasteiger partial charge on any atom is -0.385 e. The first-order chi connectivity index (χ1) is 18.6. The van der Waals surface area contributed by atoms with E-state index in [2.05, 4.69) is 39.0 Å². The lowest BCUT2D eigenvalue weighted by molar-refractivity contribution is 0.0949. The van der Waals surface area contributed by atoms with Crippen LogP contribution in [0.3, 0.4) is 0 Å². The molecule has 0 radical (unpaired) electrons. The summed E-state index contributed by atoms with van der Waals surface area (Å²) in [6.07, 6.45) is 1.64.